The van der Waals surface area contributed by atoms with E-state index >= 15 is 0 Å². The number of aryl methyl sites for hydroxylation is 1. The minimum Gasteiger partial charge on any atom is -0.326 e. The standard InChI is InChI=1S/C13H13N7O/c21-13(5-6-19-9-14-7-16-19)18-11-1-3-12(4-2-11)20-10-15-8-17-20/h1-4,7-10H,5-6H2,(H,18,21). The van der Waals surface area contributed by atoms with Gasteiger partial charge in [0.2, 0.25) is 5.91 Å². The number of aromatic nitrogens is 6. The van der Waals surface area contributed by atoms with Crippen molar-refractivity contribution < 1.29 is 4.79 Å². The summed E-state index contributed by atoms with van der Waals surface area (Å²) < 4.78 is 3.27. The summed E-state index contributed by atoms with van der Waals surface area (Å²) in [7, 11) is 0. The Morgan fingerprint density at radius 3 is 2.48 bits per heavy atom. The molecule has 0 aliphatic carbocycles. The number of amides is 1. The Hall–Kier alpha value is -3.03. The van der Waals surface area contributed by atoms with Crippen LogP contribution in [0.5, 0.6) is 0 Å². The Balaban J connectivity index is 1.56. The van der Waals surface area contributed by atoms with E-state index in [9.17, 15) is 4.79 Å². The molecule has 2 heterocycles. The molecular formula is C13H13N7O. The Bertz CT molecular complexity index is 689. The largest absolute Gasteiger partial charge is 0.326 e. The average Bonchev–Trinajstić information content (AvgIpc) is 3.19. The van der Waals surface area contributed by atoms with Crippen molar-refractivity contribution >= 4 is 11.6 Å². The van der Waals surface area contributed by atoms with Gasteiger partial charge in [0.15, 0.2) is 0 Å². The normalized spacial score (nSPS) is 10.5. The van der Waals surface area contributed by atoms with Crippen molar-refractivity contribution in [1.82, 2.24) is 29.5 Å². The highest BCUT2D eigenvalue weighted by atomic mass is 16.1. The van der Waals surface area contributed by atoms with E-state index in [-0.39, 0.29) is 5.91 Å². The van der Waals surface area contributed by atoms with Crippen molar-refractivity contribution in [2.75, 3.05) is 5.32 Å². The summed E-state index contributed by atoms with van der Waals surface area (Å²) in [6.07, 6.45) is 6.46. The van der Waals surface area contributed by atoms with Crippen LogP contribution in [-0.2, 0) is 11.3 Å². The summed E-state index contributed by atoms with van der Waals surface area (Å²) in [6, 6.07) is 7.37. The minimum absolute atomic E-state index is 0.0704. The van der Waals surface area contributed by atoms with E-state index in [1.165, 1.54) is 12.7 Å². The number of benzene rings is 1. The third-order valence-electron chi connectivity index (χ3n) is 2.87. The van der Waals surface area contributed by atoms with E-state index in [0.29, 0.717) is 13.0 Å². The molecule has 0 saturated heterocycles. The zero-order valence-electron chi connectivity index (χ0n) is 11.1. The molecule has 1 N–H and O–H groups in total. The molecule has 0 aliphatic rings. The first-order valence-electron chi connectivity index (χ1n) is 6.38. The highest BCUT2D eigenvalue weighted by Crippen LogP contribution is 2.12. The van der Waals surface area contributed by atoms with Crippen LogP contribution in [0.4, 0.5) is 5.69 Å². The van der Waals surface area contributed by atoms with Crippen LogP contribution >= 0.6 is 0 Å². The van der Waals surface area contributed by atoms with Gasteiger partial charge in [-0.3, -0.25) is 9.48 Å². The molecule has 8 heteroatoms. The molecule has 0 bridgehead atoms. The first kappa shape index (κ1) is 13.0. The number of nitrogens with zero attached hydrogens (tertiary/aromatic N) is 6. The Labute approximate surface area is 120 Å². The van der Waals surface area contributed by atoms with Gasteiger partial charge in [0.25, 0.3) is 0 Å². The van der Waals surface area contributed by atoms with Crippen molar-refractivity contribution in [1.29, 1.82) is 0 Å². The van der Waals surface area contributed by atoms with Gasteiger partial charge >= 0.3 is 0 Å². The zero-order valence-corrected chi connectivity index (χ0v) is 11.1. The second kappa shape index (κ2) is 5.95. The van der Waals surface area contributed by atoms with Gasteiger partial charge in [-0.2, -0.15) is 10.2 Å². The quantitative estimate of drug-likeness (QED) is 0.751. The van der Waals surface area contributed by atoms with E-state index < -0.39 is 0 Å². The van der Waals surface area contributed by atoms with Crippen molar-refractivity contribution in [2.45, 2.75) is 13.0 Å². The van der Waals surface area contributed by atoms with Crippen LogP contribution in [0.15, 0.2) is 49.6 Å². The molecule has 0 aliphatic heterocycles. The summed E-state index contributed by atoms with van der Waals surface area (Å²) in [4.78, 5) is 19.5. The van der Waals surface area contributed by atoms with Gasteiger partial charge in [0.1, 0.15) is 25.3 Å². The SMILES string of the molecule is O=C(CCn1cncn1)Nc1ccc(-n2cncn2)cc1. The zero-order chi connectivity index (χ0) is 14.5. The second-order valence-electron chi connectivity index (χ2n) is 4.34. The molecule has 106 valence electrons. The Morgan fingerprint density at radius 1 is 1.05 bits per heavy atom. The summed E-state index contributed by atoms with van der Waals surface area (Å²) in [5, 5.41) is 10.8. The van der Waals surface area contributed by atoms with Crippen LogP contribution in [-0.4, -0.2) is 35.4 Å². The fraction of sp³-hybridized carbons (Fsp3) is 0.154. The van der Waals surface area contributed by atoms with Crippen molar-refractivity contribution in [3.63, 3.8) is 0 Å². The summed E-state index contributed by atoms with van der Waals surface area (Å²) in [5.74, 6) is -0.0704. The molecule has 8 nitrogen and oxygen atoms in total. The fourth-order valence-electron chi connectivity index (χ4n) is 1.83. The van der Waals surface area contributed by atoms with Crippen LogP contribution in [0.1, 0.15) is 6.42 Å². The molecule has 0 unspecified atom stereocenters. The molecule has 0 spiro atoms. The molecule has 21 heavy (non-hydrogen) atoms. The highest BCUT2D eigenvalue weighted by molar-refractivity contribution is 5.90. The molecule has 1 amide bonds. The third-order valence-corrected chi connectivity index (χ3v) is 2.87. The van der Waals surface area contributed by atoms with Gasteiger partial charge in [-0.1, -0.05) is 0 Å². The smallest absolute Gasteiger partial charge is 0.226 e. The van der Waals surface area contributed by atoms with Gasteiger partial charge in [-0.15, -0.1) is 0 Å². The lowest BCUT2D eigenvalue weighted by atomic mass is 10.2. The number of carbonyl (C=O) groups is 1. The van der Waals surface area contributed by atoms with Crippen LogP contribution in [0, 0.1) is 0 Å². The summed E-state index contributed by atoms with van der Waals surface area (Å²) >= 11 is 0. The van der Waals surface area contributed by atoms with E-state index in [1.54, 1.807) is 22.0 Å². The van der Waals surface area contributed by atoms with E-state index in [0.717, 1.165) is 11.4 Å². The Kier molecular flexibility index (Phi) is 3.68. The molecular weight excluding hydrogens is 270 g/mol. The lowest BCUT2D eigenvalue weighted by Crippen LogP contribution is -2.14. The Morgan fingerprint density at radius 2 is 1.81 bits per heavy atom. The molecule has 0 atom stereocenters. The van der Waals surface area contributed by atoms with Crippen LogP contribution in [0.25, 0.3) is 5.69 Å². The number of rotatable bonds is 5. The number of anilines is 1. The first-order chi connectivity index (χ1) is 10.3. The van der Waals surface area contributed by atoms with E-state index in [1.807, 2.05) is 24.3 Å². The summed E-state index contributed by atoms with van der Waals surface area (Å²) in [6.45, 7) is 0.503. The predicted octanol–water partition coefficient (Wildman–Crippen LogP) is 0.888. The summed E-state index contributed by atoms with van der Waals surface area (Å²) in [5.41, 5.74) is 1.62. The van der Waals surface area contributed by atoms with Crippen molar-refractivity contribution in [2.24, 2.45) is 0 Å². The maximum atomic E-state index is 11.8. The van der Waals surface area contributed by atoms with Gasteiger partial charge in [-0.05, 0) is 24.3 Å². The molecule has 3 aromatic rings. The predicted molar refractivity (Wildman–Crippen MR) is 74.6 cm³/mol. The first-order valence-corrected chi connectivity index (χ1v) is 6.38. The average molecular weight is 283 g/mol. The maximum Gasteiger partial charge on any atom is 0.226 e. The van der Waals surface area contributed by atoms with Crippen LogP contribution < -0.4 is 5.32 Å². The van der Waals surface area contributed by atoms with E-state index in [2.05, 4.69) is 25.5 Å². The molecule has 0 radical (unpaired) electrons. The van der Waals surface area contributed by atoms with Gasteiger partial charge < -0.3 is 5.32 Å². The molecule has 1 aromatic carbocycles. The number of carbonyl (C=O) groups excluding carboxylic acids is 1. The molecule has 2 aromatic heterocycles. The maximum absolute atomic E-state index is 11.8. The van der Waals surface area contributed by atoms with E-state index in [4.69, 9.17) is 0 Å². The lowest BCUT2D eigenvalue weighted by molar-refractivity contribution is -0.116. The van der Waals surface area contributed by atoms with Crippen molar-refractivity contribution in [3.05, 3.63) is 49.6 Å². The van der Waals surface area contributed by atoms with Gasteiger partial charge in [0, 0.05) is 12.1 Å². The number of nitrogens with one attached hydrogen (secondary N) is 1. The van der Waals surface area contributed by atoms with Crippen molar-refractivity contribution in [3.8, 4) is 5.69 Å². The number of hydrogen-bond acceptors (Lipinski definition) is 5. The highest BCUT2D eigenvalue weighted by Gasteiger charge is 2.04. The lowest BCUT2D eigenvalue weighted by Gasteiger charge is -2.06. The third kappa shape index (κ3) is 3.30. The van der Waals surface area contributed by atoms with Crippen LogP contribution in [0.3, 0.4) is 0 Å². The van der Waals surface area contributed by atoms with Gasteiger partial charge in [0.05, 0.1) is 12.2 Å². The topological polar surface area (TPSA) is 90.5 Å². The molecule has 3 rings (SSSR count). The molecule has 0 saturated carbocycles. The monoisotopic (exact) mass is 283 g/mol. The molecule has 0 fully saturated rings. The minimum atomic E-state index is -0.0704. The van der Waals surface area contributed by atoms with Gasteiger partial charge in [-0.25, -0.2) is 14.6 Å². The fourth-order valence-corrected chi connectivity index (χ4v) is 1.83. The number of hydrogen-bond donors (Lipinski definition) is 1. The van der Waals surface area contributed by atoms with Crippen LogP contribution in [0.2, 0.25) is 0 Å². The second-order valence-corrected chi connectivity index (χ2v) is 4.34.